The molecule has 0 amide bonds. The van der Waals surface area contributed by atoms with Crippen molar-refractivity contribution in [1.29, 1.82) is 5.26 Å². The Morgan fingerprint density at radius 3 is 2.92 bits per heavy atom. The highest BCUT2D eigenvalue weighted by atomic mass is 19.1. The highest BCUT2D eigenvalue weighted by Crippen LogP contribution is 2.22. The molecule has 7 nitrogen and oxygen atoms in total. The number of benzene rings is 1. The van der Waals surface area contributed by atoms with Gasteiger partial charge in [-0.1, -0.05) is 5.16 Å². The lowest BCUT2D eigenvalue weighted by atomic mass is 10.2. The summed E-state index contributed by atoms with van der Waals surface area (Å²) in [5.74, 6) is 0.744. The summed E-state index contributed by atoms with van der Waals surface area (Å²) >= 11 is 0. The van der Waals surface area contributed by atoms with Gasteiger partial charge in [-0.05, 0) is 31.5 Å². The number of nitriles is 1. The molecule has 8 heteroatoms. The smallest absolute Gasteiger partial charge is 0.240 e. The van der Waals surface area contributed by atoms with Crippen molar-refractivity contribution in [3.63, 3.8) is 0 Å². The zero-order valence-corrected chi connectivity index (χ0v) is 15.0. The van der Waals surface area contributed by atoms with Crippen LogP contribution in [0.5, 0.6) is 0 Å². The summed E-state index contributed by atoms with van der Waals surface area (Å²) in [5, 5.41) is 12.8. The van der Waals surface area contributed by atoms with Crippen molar-refractivity contribution in [3.8, 4) is 6.07 Å². The van der Waals surface area contributed by atoms with E-state index in [4.69, 9.17) is 14.5 Å². The van der Waals surface area contributed by atoms with Crippen molar-refractivity contribution in [3.05, 3.63) is 41.3 Å². The molecule has 0 radical (unpaired) electrons. The van der Waals surface area contributed by atoms with Crippen LogP contribution >= 0.6 is 0 Å². The van der Waals surface area contributed by atoms with Crippen molar-refractivity contribution < 1.29 is 13.7 Å². The highest BCUT2D eigenvalue weighted by molar-refractivity contribution is 5.51. The first kappa shape index (κ1) is 18.3. The lowest BCUT2D eigenvalue weighted by Gasteiger charge is -2.23. The van der Waals surface area contributed by atoms with Crippen LogP contribution in [0.25, 0.3) is 0 Å². The Labute approximate surface area is 152 Å². The summed E-state index contributed by atoms with van der Waals surface area (Å²) in [7, 11) is 1.60. The third-order valence-electron chi connectivity index (χ3n) is 4.57. The van der Waals surface area contributed by atoms with Gasteiger partial charge in [0, 0.05) is 33.3 Å². The SMILES string of the molecule is COC(C)c1noc(CN2CCCN(c3ccc(C#N)cc3F)CC2)n1. The Bertz CT molecular complexity index is 788. The van der Waals surface area contributed by atoms with Gasteiger partial charge in [-0.25, -0.2) is 4.39 Å². The number of aromatic nitrogens is 2. The molecule has 1 fully saturated rings. The molecule has 1 saturated heterocycles. The van der Waals surface area contributed by atoms with Gasteiger partial charge < -0.3 is 14.2 Å². The molecule has 1 aromatic carbocycles. The van der Waals surface area contributed by atoms with Crippen molar-refractivity contribution >= 4 is 5.69 Å². The Balaban J connectivity index is 1.61. The monoisotopic (exact) mass is 359 g/mol. The zero-order valence-electron chi connectivity index (χ0n) is 15.0. The first-order chi connectivity index (χ1) is 12.6. The van der Waals surface area contributed by atoms with E-state index in [0.29, 0.717) is 36.1 Å². The van der Waals surface area contributed by atoms with Gasteiger partial charge in [0.15, 0.2) is 5.82 Å². The van der Waals surface area contributed by atoms with Gasteiger partial charge in [0.25, 0.3) is 0 Å². The van der Waals surface area contributed by atoms with Crippen LogP contribution in [0.4, 0.5) is 10.1 Å². The van der Waals surface area contributed by atoms with Gasteiger partial charge in [0.2, 0.25) is 5.89 Å². The minimum Gasteiger partial charge on any atom is -0.374 e. The van der Waals surface area contributed by atoms with Crippen LogP contribution in [0.2, 0.25) is 0 Å². The Morgan fingerprint density at radius 2 is 2.19 bits per heavy atom. The molecule has 1 aliphatic rings. The molecule has 3 rings (SSSR count). The minimum absolute atomic E-state index is 0.202. The average molecular weight is 359 g/mol. The number of anilines is 1. The van der Waals surface area contributed by atoms with E-state index in [1.54, 1.807) is 19.2 Å². The summed E-state index contributed by atoms with van der Waals surface area (Å²) in [6, 6.07) is 6.58. The van der Waals surface area contributed by atoms with Gasteiger partial charge >= 0.3 is 0 Å². The lowest BCUT2D eigenvalue weighted by Crippen LogP contribution is -2.31. The molecule has 1 unspecified atom stereocenters. The number of methoxy groups -OCH3 is 1. The lowest BCUT2D eigenvalue weighted by molar-refractivity contribution is 0.109. The van der Waals surface area contributed by atoms with Crippen LogP contribution in [0, 0.1) is 17.1 Å². The van der Waals surface area contributed by atoms with E-state index in [2.05, 4.69) is 15.0 Å². The normalized spacial score (nSPS) is 16.9. The third-order valence-corrected chi connectivity index (χ3v) is 4.57. The Kier molecular flexibility index (Phi) is 5.81. The molecular weight excluding hydrogens is 337 g/mol. The predicted molar refractivity (Wildman–Crippen MR) is 92.9 cm³/mol. The summed E-state index contributed by atoms with van der Waals surface area (Å²) in [6.45, 7) is 5.51. The first-order valence-corrected chi connectivity index (χ1v) is 8.63. The van der Waals surface area contributed by atoms with E-state index in [0.717, 1.165) is 26.1 Å². The van der Waals surface area contributed by atoms with Gasteiger partial charge in [0.1, 0.15) is 11.9 Å². The van der Waals surface area contributed by atoms with Gasteiger partial charge in [-0.2, -0.15) is 10.2 Å². The van der Waals surface area contributed by atoms with E-state index in [9.17, 15) is 4.39 Å². The molecule has 2 aromatic rings. The summed E-state index contributed by atoms with van der Waals surface area (Å²) < 4.78 is 24.7. The fourth-order valence-electron chi connectivity index (χ4n) is 3.00. The van der Waals surface area contributed by atoms with Crippen LogP contribution in [0.1, 0.15) is 36.7 Å². The second-order valence-corrected chi connectivity index (χ2v) is 6.32. The number of ether oxygens (including phenoxy) is 1. The quantitative estimate of drug-likeness (QED) is 0.811. The van der Waals surface area contributed by atoms with Crippen LogP contribution in [-0.4, -0.2) is 48.3 Å². The number of halogens is 1. The highest BCUT2D eigenvalue weighted by Gasteiger charge is 2.20. The Morgan fingerprint density at radius 1 is 1.35 bits per heavy atom. The maximum Gasteiger partial charge on any atom is 0.240 e. The third kappa shape index (κ3) is 4.18. The number of hydrogen-bond donors (Lipinski definition) is 0. The topological polar surface area (TPSA) is 78.4 Å². The standard InChI is InChI=1S/C18H22FN5O2/c1-13(25-2)18-21-17(26-22-18)12-23-6-3-7-24(9-8-23)16-5-4-14(11-20)10-15(16)19/h4-5,10,13H,3,6-9,12H2,1-2H3. The molecule has 2 heterocycles. The molecule has 1 aliphatic heterocycles. The van der Waals surface area contributed by atoms with E-state index in [1.807, 2.05) is 17.9 Å². The molecule has 0 saturated carbocycles. The van der Waals surface area contributed by atoms with Gasteiger partial charge in [0.05, 0.1) is 23.9 Å². The maximum atomic E-state index is 14.3. The molecule has 138 valence electrons. The summed E-state index contributed by atoms with van der Waals surface area (Å²) in [5.41, 5.74) is 0.875. The van der Waals surface area contributed by atoms with Crippen LogP contribution in [-0.2, 0) is 11.3 Å². The number of nitrogens with zero attached hydrogens (tertiary/aromatic N) is 5. The van der Waals surface area contributed by atoms with Crippen LogP contribution in [0.3, 0.4) is 0 Å². The van der Waals surface area contributed by atoms with Crippen LogP contribution in [0.15, 0.2) is 22.7 Å². The fourth-order valence-corrected chi connectivity index (χ4v) is 3.00. The average Bonchev–Trinajstić information content (AvgIpc) is 3.00. The van der Waals surface area contributed by atoms with Gasteiger partial charge in [-0.3, -0.25) is 4.90 Å². The molecule has 0 aliphatic carbocycles. The van der Waals surface area contributed by atoms with Gasteiger partial charge in [-0.15, -0.1) is 0 Å². The van der Waals surface area contributed by atoms with Crippen molar-refractivity contribution in [1.82, 2.24) is 15.0 Å². The predicted octanol–water partition coefficient (Wildman–Crippen LogP) is 2.50. The summed E-state index contributed by atoms with van der Waals surface area (Å²) in [4.78, 5) is 8.60. The summed E-state index contributed by atoms with van der Waals surface area (Å²) in [6.07, 6.45) is 0.695. The second-order valence-electron chi connectivity index (χ2n) is 6.32. The van der Waals surface area contributed by atoms with Crippen molar-refractivity contribution in [2.75, 3.05) is 38.2 Å². The van der Waals surface area contributed by atoms with Crippen molar-refractivity contribution in [2.24, 2.45) is 0 Å². The number of rotatable bonds is 5. The first-order valence-electron chi connectivity index (χ1n) is 8.63. The van der Waals surface area contributed by atoms with E-state index >= 15 is 0 Å². The largest absolute Gasteiger partial charge is 0.374 e. The van der Waals surface area contributed by atoms with E-state index < -0.39 is 0 Å². The molecular formula is C18H22FN5O2. The Hall–Kier alpha value is -2.50. The minimum atomic E-state index is -0.354. The molecule has 26 heavy (non-hydrogen) atoms. The van der Waals surface area contributed by atoms with Crippen LogP contribution < -0.4 is 4.90 Å². The zero-order chi connectivity index (χ0) is 18.5. The molecule has 0 spiro atoms. The van der Waals surface area contributed by atoms with E-state index in [1.165, 1.54) is 6.07 Å². The van der Waals surface area contributed by atoms with E-state index in [-0.39, 0.29) is 11.9 Å². The molecule has 0 N–H and O–H groups in total. The number of hydrogen-bond acceptors (Lipinski definition) is 7. The molecule has 1 atom stereocenters. The molecule has 1 aromatic heterocycles. The van der Waals surface area contributed by atoms with Crippen molar-refractivity contribution in [2.45, 2.75) is 26.0 Å². The second kappa shape index (κ2) is 8.25. The fraction of sp³-hybridized carbons (Fsp3) is 0.500. The maximum absolute atomic E-state index is 14.3. The molecule has 0 bridgehead atoms.